The van der Waals surface area contributed by atoms with E-state index in [1.165, 1.54) is 0 Å². The quantitative estimate of drug-likeness (QED) is 0.626. The highest BCUT2D eigenvalue weighted by molar-refractivity contribution is 5.79. The molecule has 2 aliphatic rings. The minimum Gasteiger partial charge on any atom is -0.444 e. The molecule has 2 aliphatic heterocycles. The maximum Gasteiger partial charge on any atom is 0.410 e. The van der Waals surface area contributed by atoms with E-state index < -0.39 is 5.60 Å². The average molecular weight is 449 g/mol. The van der Waals surface area contributed by atoms with E-state index >= 15 is 0 Å². The number of nitrogens with zero attached hydrogens (tertiary/aromatic N) is 6. The Morgan fingerprint density at radius 3 is 2.73 bits per heavy atom. The largest absolute Gasteiger partial charge is 0.444 e. The van der Waals surface area contributed by atoms with E-state index in [9.17, 15) is 4.79 Å². The minimum absolute atomic E-state index is 0.271. The van der Waals surface area contributed by atoms with Crippen molar-refractivity contribution >= 4 is 34.4 Å². The fourth-order valence-electron chi connectivity index (χ4n) is 3.94. The summed E-state index contributed by atoms with van der Waals surface area (Å²) in [7, 11) is 0. The first-order chi connectivity index (χ1) is 15.9. The highest BCUT2D eigenvalue weighted by atomic mass is 16.6. The first-order valence-electron chi connectivity index (χ1n) is 11.1. The van der Waals surface area contributed by atoms with Crippen molar-refractivity contribution < 1.29 is 9.53 Å². The summed E-state index contributed by atoms with van der Waals surface area (Å²) in [6, 6.07) is 10.2. The topological polar surface area (TPSA) is 98.8 Å². The van der Waals surface area contributed by atoms with Crippen LogP contribution in [0.3, 0.4) is 0 Å². The molecule has 0 bridgehead atoms. The zero-order valence-corrected chi connectivity index (χ0v) is 19.1. The van der Waals surface area contributed by atoms with Gasteiger partial charge < -0.3 is 14.5 Å². The maximum atomic E-state index is 12.3. The van der Waals surface area contributed by atoms with E-state index in [0.717, 1.165) is 28.1 Å². The number of fused-ring (bicyclic) bond motifs is 2. The van der Waals surface area contributed by atoms with Crippen LogP contribution in [0.5, 0.6) is 0 Å². The second-order valence-corrected chi connectivity index (χ2v) is 9.21. The smallest absolute Gasteiger partial charge is 0.410 e. The van der Waals surface area contributed by atoms with Gasteiger partial charge in [-0.2, -0.15) is 0 Å². The van der Waals surface area contributed by atoms with E-state index in [4.69, 9.17) is 9.72 Å². The van der Waals surface area contributed by atoms with Gasteiger partial charge in [-0.3, -0.25) is 15.4 Å². The SMILES string of the molecule is CC(C)(C)OC(=O)N1CCN(c2cnc3c(n2)N(Cc2ccc4ncccc4c2)NN3)CC1. The summed E-state index contributed by atoms with van der Waals surface area (Å²) in [6.45, 7) is 8.77. The highest BCUT2D eigenvalue weighted by Gasteiger charge is 2.28. The molecule has 0 spiro atoms. The molecule has 2 N–H and O–H groups in total. The number of carbonyl (C=O) groups is 1. The monoisotopic (exact) mass is 448 g/mol. The van der Waals surface area contributed by atoms with Crippen molar-refractivity contribution in [2.45, 2.75) is 32.9 Å². The summed E-state index contributed by atoms with van der Waals surface area (Å²) in [6.07, 6.45) is 3.29. The number of ether oxygens (including phenoxy) is 1. The summed E-state index contributed by atoms with van der Waals surface area (Å²) in [5.74, 6) is 2.22. The Labute approximate surface area is 192 Å². The molecule has 2 aromatic heterocycles. The maximum absolute atomic E-state index is 12.3. The van der Waals surface area contributed by atoms with E-state index in [1.54, 1.807) is 17.3 Å². The van der Waals surface area contributed by atoms with E-state index in [0.29, 0.717) is 38.5 Å². The molecule has 1 amide bonds. The fourth-order valence-corrected chi connectivity index (χ4v) is 3.94. The molecule has 0 unspecified atom stereocenters. The number of benzene rings is 1. The third-order valence-electron chi connectivity index (χ3n) is 5.57. The van der Waals surface area contributed by atoms with Gasteiger partial charge in [-0.05, 0) is 44.5 Å². The van der Waals surface area contributed by atoms with E-state index in [-0.39, 0.29) is 6.09 Å². The van der Waals surface area contributed by atoms with Crippen molar-refractivity contribution in [2.24, 2.45) is 0 Å². The van der Waals surface area contributed by atoms with Crippen molar-refractivity contribution in [3.8, 4) is 0 Å². The third-order valence-corrected chi connectivity index (χ3v) is 5.57. The molecule has 172 valence electrons. The van der Waals surface area contributed by atoms with Crippen molar-refractivity contribution in [1.29, 1.82) is 0 Å². The first kappa shape index (κ1) is 21.2. The zero-order chi connectivity index (χ0) is 23.0. The van der Waals surface area contributed by atoms with Crippen LogP contribution in [0.25, 0.3) is 10.9 Å². The van der Waals surface area contributed by atoms with Crippen LogP contribution in [0.4, 0.5) is 22.2 Å². The molecule has 1 aromatic carbocycles. The van der Waals surface area contributed by atoms with Gasteiger partial charge in [0.05, 0.1) is 18.3 Å². The summed E-state index contributed by atoms with van der Waals surface area (Å²) in [5.41, 5.74) is 7.84. The van der Waals surface area contributed by atoms with Crippen LogP contribution in [-0.2, 0) is 11.3 Å². The number of anilines is 3. The molecule has 10 heteroatoms. The lowest BCUT2D eigenvalue weighted by Gasteiger charge is -2.36. The zero-order valence-electron chi connectivity index (χ0n) is 19.1. The Morgan fingerprint density at radius 1 is 1.12 bits per heavy atom. The van der Waals surface area contributed by atoms with E-state index in [2.05, 4.69) is 44.0 Å². The summed E-state index contributed by atoms with van der Waals surface area (Å²) in [4.78, 5) is 30.0. The van der Waals surface area contributed by atoms with Gasteiger partial charge in [-0.25, -0.2) is 14.8 Å². The molecule has 33 heavy (non-hydrogen) atoms. The number of carbonyl (C=O) groups excluding carboxylic acids is 1. The second kappa shape index (κ2) is 8.36. The van der Waals surface area contributed by atoms with Crippen LogP contribution >= 0.6 is 0 Å². The highest BCUT2D eigenvalue weighted by Crippen LogP contribution is 2.29. The molecule has 1 saturated heterocycles. The minimum atomic E-state index is -0.495. The first-order valence-corrected chi connectivity index (χ1v) is 11.1. The van der Waals surface area contributed by atoms with Crippen LogP contribution in [0, 0.1) is 0 Å². The van der Waals surface area contributed by atoms with Crippen LogP contribution in [-0.4, -0.2) is 57.7 Å². The number of hydrogen-bond acceptors (Lipinski definition) is 9. The number of amides is 1. The van der Waals surface area contributed by atoms with Crippen LogP contribution in [0.1, 0.15) is 26.3 Å². The van der Waals surface area contributed by atoms with Gasteiger partial charge >= 0.3 is 6.09 Å². The number of nitrogens with one attached hydrogen (secondary N) is 2. The molecule has 0 saturated carbocycles. The lowest BCUT2D eigenvalue weighted by atomic mass is 10.1. The number of aromatic nitrogens is 3. The Morgan fingerprint density at radius 2 is 1.94 bits per heavy atom. The lowest BCUT2D eigenvalue weighted by Crippen LogP contribution is -2.50. The van der Waals surface area contributed by atoms with E-state index in [1.807, 2.05) is 37.9 Å². The molecular formula is C23H28N8O2. The molecule has 4 heterocycles. The van der Waals surface area contributed by atoms with Gasteiger partial charge in [-0.1, -0.05) is 12.1 Å². The standard InChI is InChI=1S/C23H28N8O2/c1-23(2,3)33-22(32)30-11-9-29(10-12-30)19-14-25-20-21(26-19)31(28-27-20)15-16-6-7-18-17(13-16)5-4-8-24-18/h4-8,13-14,28H,9-12,15H2,1-3H3,(H,25,27). The number of pyridine rings is 1. The molecule has 1 fully saturated rings. The van der Waals surface area contributed by atoms with Gasteiger partial charge in [0.2, 0.25) is 0 Å². The summed E-state index contributed by atoms with van der Waals surface area (Å²) in [5, 5.41) is 3.05. The Hall–Kier alpha value is -3.66. The Bertz CT molecular complexity index is 1170. The van der Waals surface area contributed by atoms with Gasteiger partial charge in [-0.15, -0.1) is 5.53 Å². The molecule has 0 atom stereocenters. The summed E-state index contributed by atoms with van der Waals surface area (Å²) >= 11 is 0. The molecular weight excluding hydrogens is 420 g/mol. The van der Waals surface area contributed by atoms with Gasteiger partial charge in [0.1, 0.15) is 11.4 Å². The number of rotatable bonds is 3. The summed E-state index contributed by atoms with van der Waals surface area (Å²) < 4.78 is 5.49. The predicted molar refractivity (Wildman–Crippen MR) is 127 cm³/mol. The number of piperazine rings is 1. The molecule has 0 aliphatic carbocycles. The van der Waals surface area contributed by atoms with Crippen molar-refractivity contribution in [3.05, 3.63) is 48.3 Å². The van der Waals surface area contributed by atoms with Crippen LogP contribution in [0.2, 0.25) is 0 Å². The molecule has 5 rings (SSSR count). The normalized spacial score (nSPS) is 16.0. The molecule has 10 nitrogen and oxygen atoms in total. The number of hydrogen-bond donors (Lipinski definition) is 2. The van der Waals surface area contributed by atoms with Crippen molar-refractivity contribution in [3.63, 3.8) is 0 Å². The van der Waals surface area contributed by atoms with Crippen LogP contribution in [0.15, 0.2) is 42.7 Å². The average Bonchev–Trinajstić information content (AvgIpc) is 3.20. The predicted octanol–water partition coefficient (Wildman–Crippen LogP) is 2.93. The van der Waals surface area contributed by atoms with Gasteiger partial charge in [0.25, 0.3) is 0 Å². The second-order valence-electron chi connectivity index (χ2n) is 9.21. The fraction of sp³-hybridized carbons (Fsp3) is 0.391. The van der Waals surface area contributed by atoms with Crippen molar-refractivity contribution in [1.82, 2.24) is 25.4 Å². The van der Waals surface area contributed by atoms with Crippen LogP contribution < -0.4 is 20.9 Å². The molecule has 3 aromatic rings. The van der Waals surface area contributed by atoms with Gasteiger partial charge in [0, 0.05) is 37.8 Å². The van der Waals surface area contributed by atoms with Crippen molar-refractivity contribution in [2.75, 3.05) is 41.5 Å². The Balaban J connectivity index is 1.27. The third kappa shape index (κ3) is 4.61. The number of hydrazine groups is 2. The van der Waals surface area contributed by atoms with Gasteiger partial charge in [0.15, 0.2) is 11.6 Å². The Kier molecular flexibility index (Phi) is 5.37. The lowest BCUT2D eigenvalue weighted by molar-refractivity contribution is 0.0240. The molecule has 0 radical (unpaired) electrons.